The number of benzene rings is 1. The summed E-state index contributed by atoms with van der Waals surface area (Å²) in [4.78, 5) is 19.3. The fraction of sp³-hybridized carbons (Fsp3) is 0.389. The Hall–Kier alpha value is -3.03. The molecular formula is C18H21N7O. The molecule has 134 valence electrons. The molecule has 0 spiro atoms. The van der Waals surface area contributed by atoms with E-state index in [2.05, 4.69) is 20.5 Å². The van der Waals surface area contributed by atoms with Gasteiger partial charge in [-0.3, -0.25) is 4.79 Å². The normalized spacial score (nSPS) is 17.4. The fourth-order valence-electron chi connectivity index (χ4n) is 3.52. The van der Waals surface area contributed by atoms with E-state index in [1.54, 1.807) is 11.0 Å². The maximum absolute atomic E-state index is 12.9. The van der Waals surface area contributed by atoms with Crippen molar-refractivity contribution in [3.05, 3.63) is 59.9 Å². The number of rotatable bonds is 4. The molecular weight excluding hydrogens is 330 g/mol. The Kier molecular flexibility index (Phi) is 4.47. The van der Waals surface area contributed by atoms with Gasteiger partial charge in [-0.05, 0) is 41.0 Å². The first kappa shape index (κ1) is 16.4. The summed E-state index contributed by atoms with van der Waals surface area (Å²) in [6.07, 6.45) is 7.42. The van der Waals surface area contributed by atoms with E-state index in [-0.39, 0.29) is 5.91 Å². The number of nitrogens with zero attached hydrogens (tertiary/aromatic N) is 7. The van der Waals surface area contributed by atoms with Crippen LogP contribution in [0.2, 0.25) is 0 Å². The van der Waals surface area contributed by atoms with Gasteiger partial charge in [-0.25, -0.2) is 9.67 Å². The van der Waals surface area contributed by atoms with Crippen LogP contribution in [0.25, 0.3) is 0 Å². The Morgan fingerprint density at radius 2 is 2.12 bits per heavy atom. The zero-order valence-corrected chi connectivity index (χ0v) is 14.7. The van der Waals surface area contributed by atoms with E-state index in [1.165, 1.54) is 0 Å². The Morgan fingerprint density at radius 1 is 1.27 bits per heavy atom. The van der Waals surface area contributed by atoms with Crippen molar-refractivity contribution in [3.8, 4) is 0 Å². The first-order chi connectivity index (χ1) is 12.7. The summed E-state index contributed by atoms with van der Waals surface area (Å²) in [5.74, 6) is 1.43. The molecule has 2 aromatic heterocycles. The highest BCUT2D eigenvalue weighted by molar-refractivity contribution is 5.94. The second-order valence-electron chi connectivity index (χ2n) is 6.69. The minimum absolute atomic E-state index is 0.0814. The average molecular weight is 351 g/mol. The van der Waals surface area contributed by atoms with Crippen molar-refractivity contribution in [1.29, 1.82) is 0 Å². The number of imidazole rings is 1. The molecule has 1 saturated heterocycles. The highest BCUT2D eigenvalue weighted by atomic mass is 16.2. The first-order valence-electron chi connectivity index (χ1n) is 8.77. The van der Waals surface area contributed by atoms with Crippen molar-refractivity contribution in [2.75, 3.05) is 13.1 Å². The van der Waals surface area contributed by atoms with E-state index in [9.17, 15) is 4.79 Å². The van der Waals surface area contributed by atoms with Crippen LogP contribution >= 0.6 is 0 Å². The van der Waals surface area contributed by atoms with Crippen LogP contribution in [-0.2, 0) is 13.6 Å². The molecule has 1 aliphatic heterocycles. The number of aromatic nitrogens is 6. The van der Waals surface area contributed by atoms with E-state index in [4.69, 9.17) is 0 Å². The molecule has 1 fully saturated rings. The summed E-state index contributed by atoms with van der Waals surface area (Å²) in [7, 11) is 2.01. The monoisotopic (exact) mass is 351 g/mol. The number of piperidine rings is 1. The topological polar surface area (TPSA) is 81.7 Å². The van der Waals surface area contributed by atoms with Crippen molar-refractivity contribution in [3.63, 3.8) is 0 Å². The van der Waals surface area contributed by atoms with Crippen LogP contribution in [0, 0.1) is 0 Å². The van der Waals surface area contributed by atoms with Crippen LogP contribution in [0.5, 0.6) is 0 Å². The number of hydrogen-bond acceptors (Lipinski definition) is 5. The van der Waals surface area contributed by atoms with E-state index in [0.29, 0.717) is 18.0 Å². The van der Waals surface area contributed by atoms with Crippen molar-refractivity contribution in [1.82, 2.24) is 34.7 Å². The standard InChI is InChI=1S/C18H21N7O/c1-23-10-8-19-17(23)16-3-2-9-24(12-16)18(26)15-6-4-14(5-7-15)11-25-13-20-21-22-25/h4-8,10,13,16H,2-3,9,11-12H2,1H3. The zero-order valence-electron chi connectivity index (χ0n) is 14.7. The Bertz CT molecular complexity index is 869. The van der Waals surface area contributed by atoms with Gasteiger partial charge in [0, 0.05) is 44.0 Å². The number of amides is 1. The summed E-state index contributed by atoms with van der Waals surface area (Å²) in [5.41, 5.74) is 1.77. The van der Waals surface area contributed by atoms with Crippen LogP contribution in [0.15, 0.2) is 43.0 Å². The molecule has 0 saturated carbocycles. The molecule has 26 heavy (non-hydrogen) atoms. The predicted octanol–water partition coefficient (Wildman–Crippen LogP) is 1.47. The lowest BCUT2D eigenvalue weighted by Gasteiger charge is -2.32. The lowest BCUT2D eigenvalue weighted by Crippen LogP contribution is -2.39. The number of likely N-dealkylation sites (tertiary alicyclic amines) is 1. The van der Waals surface area contributed by atoms with Crippen molar-refractivity contribution in [2.24, 2.45) is 7.05 Å². The second-order valence-corrected chi connectivity index (χ2v) is 6.69. The molecule has 0 bridgehead atoms. The van der Waals surface area contributed by atoms with Crippen molar-refractivity contribution >= 4 is 5.91 Å². The zero-order chi connectivity index (χ0) is 17.9. The summed E-state index contributed by atoms with van der Waals surface area (Å²) in [6, 6.07) is 7.67. The SMILES string of the molecule is Cn1ccnc1C1CCCN(C(=O)c2ccc(Cn3cnnn3)cc2)C1. The molecule has 8 heteroatoms. The van der Waals surface area contributed by atoms with Gasteiger partial charge in [0.2, 0.25) is 0 Å². The quantitative estimate of drug-likeness (QED) is 0.711. The lowest BCUT2D eigenvalue weighted by atomic mass is 9.96. The van der Waals surface area contributed by atoms with E-state index in [1.807, 2.05) is 53.2 Å². The molecule has 1 aromatic carbocycles. The largest absolute Gasteiger partial charge is 0.338 e. The minimum atomic E-state index is 0.0814. The predicted molar refractivity (Wildman–Crippen MR) is 94.4 cm³/mol. The lowest BCUT2D eigenvalue weighted by molar-refractivity contribution is 0.0703. The summed E-state index contributed by atoms with van der Waals surface area (Å²) in [5, 5.41) is 11.1. The Labute approximate surface area is 151 Å². The Balaban J connectivity index is 1.44. The van der Waals surface area contributed by atoms with Gasteiger partial charge >= 0.3 is 0 Å². The molecule has 0 aliphatic carbocycles. The molecule has 1 atom stereocenters. The molecule has 3 aromatic rings. The number of carbonyl (C=O) groups is 1. The molecule has 0 N–H and O–H groups in total. The van der Waals surface area contributed by atoms with Gasteiger partial charge in [0.15, 0.2) is 0 Å². The third kappa shape index (κ3) is 3.35. The molecule has 1 aliphatic rings. The molecule has 0 radical (unpaired) electrons. The highest BCUT2D eigenvalue weighted by Gasteiger charge is 2.27. The summed E-state index contributed by atoms with van der Waals surface area (Å²) >= 11 is 0. The number of tetrazole rings is 1. The average Bonchev–Trinajstić information content (AvgIpc) is 3.33. The van der Waals surface area contributed by atoms with Gasteiger partial charge in [-0.15, -0.1) is 5.10 Å². The third-order valence-electron chi connectivity index (χ3n) is 4.87. The van der Waals surface area contributed by atoms with Gasteiger partial charge in [-0.2, -0.15) is 0 Å². The van der Waals surface area contributed by atoms with Gasteiger partial charge in [0.25, 0.3) is 5.91 Å². The molecule has 4 rings (SSSR count). The third-order valence-corrected chi connectivity index (χ3v) is 4.87. The summed E-state index contributed by atoms with van der Waals surface area (Å²) < 4.78 is 3.70. The van der Waals surface area contributed by atoms with Gasteiger partial charge in [-0.1, -0.05) is 12.1 Å². The van der Waals surface area contributed by atoms with Gasteiger partial charge < -0.3 is 9.47 Å². The van der Waals surface area contributed by atoms with Crippen molar-refractivity contribution < 1.29 is 4.79 Å². The molecule has 1 amide bonds. The molecule has 8 nitrogen and oxygen atoms in total. The fourth-order valence-corrected chi connectivity index (χ4v) is 3.52. The minimum Gasteiger partial charge on any atom is -0.338 e. The van der Waals surface area contributed by atoms with Crippen LogP contribution in [0.4, 0.5) is 0 Å². The van der Waals surface area contributed by atoms with Crippen LogP contribution in [-0.4, -0.2) is 53.7 Å². The Morgan fingerprint density at radius 3 is 2.81 bits per heavy atom. The van der Waals surface area contributed by atoms with Crippen molar-refractivity contribution in [2.45, 2.75) is 25.3 Å². The highest BCUT2D eigenvalue weighted by Crippen LogP contribution is 2.26. The van der Waals surface area contributed by atoms with Crippen LogP contribution < -0.4 is 0 Å². The number of carbonyl (C=O) groups excluding carboxylic acids is 1. The maximum Gasteiger partial charge on any atom is 0.253 e. The van der Waals surface area contributed by atoms with Crippen LogP contribution in [0.3, 0.4) is 0 Å². The van der Waals surface area contributed by atoms with Crippen LogP contribution in [0.1, 0.15) is 40.5 Å². The maximum atomic E-state index is 12.9. The molecule has 3 heterocycles. The second kappa shape index (κ2) is 7.07. The van der Waals surface area contributed by atoms with Gasteiger partial charge in [0.05, 0.1) is 6.54 Å². The van der Waals surface area contributed by atoms with E-state index < -0.39 is 0 Å². The first-order valence-corrected chi connectivity index (χ1v) is 8.77. The number of hydrogen-bond donors (Lipinski definition) is 0. The van der Waals surface area contributed by atoms with E-state index in [0.717, 1.165) is 37.3 Å². The summed E-state index contributed by atoms with van der Waals surface area (Å²) in [6.45, 7) is 2.11. The van der Waals surface area contributed by atoms with E-state index >= 15 is 0 Å². The number of aryl methyl sites for hydroxylation is 1. The molecule has 1 unspecified atom stereocenters. The van der Waals surface area contributed by atoms with Gasteiger partial charge in [0.1, 0.15) is 12.2 Å². The smallest absolute Gasteiger partial charge is 0.253 e.